The summed E-state index contributed by atoms with van der Waals surface area (Å²) in [5.41, 5.74) is 1.64. The Morgan fingerprint density at radius 2 is 2.06 bits per heavy atom. The van der Waals surface area contributed by atoms with Crippen LogP contribution in [0.3, 0.4) is 0 Å². The first-order valence-electron chi connectivity index (χ1n) is 5.69. The van der Waals surface area contributed by atoms with Crippen molar-refractivity contribution in [2.75, 3.05) is 25.5 Å². The molecule has 0 spiro atoms. The lowest BCUT2D eigenvalue weighted by Crippen LogP contribution is -2.25. The molecule has 1 atom stereocenters. The summed E-state index contributed by atoms with van der Waals surface area (Å²) < 4.78 is 0. The lowest BCUT2D eigenvalue weighted by atomic mass is 10.1. The summed E-state index contributed by atoms with van der Waals surface area (Å²) in [5.74, 6) is 0.594. The molecular weight excluding hydrogens is 198 g/mol. The molecule has 0 aliphatic heterocycles. The largest absolute Gasteiger partial charge is 0.384 e. The minimum Gasteiger partial charge on any atom is -0.384 e. The number of nitrogens with zero attached hydrogens (tertiary/aromatic N) is 1. The molecule has 0 radical (unpaired) electrons. The maximum Gasteiger partial charge on any atom is 0.101 e. The topological polar surface area (TPSA) is 47.8 Å². The smallest absolute Gasteiger partial charge is 0.101 e. The van der Waals surface area contributed by atoms with Crippen LogP contribution in [0.15, 0.2) is 24.3 Å². The fourth-order valence-corrected chi connectivity index (χ4v) is 1.64. The molecule has 16 heavy (non-hydrogen) atoms. The van der Waals surface area contributed by atoms with Gasteiger partial charge in [-0.1, -0.05) is 25.5 Å². The van der Waals surface area contributed by atoms with Crippen LogP contribution < -0.4 is 10.6 Å². The van der Waals surface area contributed by atoms with Crippen LogP contribution in [-0.2, 0) is 0 Å². The summed E-state index contributed by atoms with van der Waals surface area (Å²) in [6.07, 6.45) is 1.13. The van der Waals surface area contributed by atoms with E-state index in [0.29, 0.717) is 11.5 Å². The molecule has 0 fully saturated rings. The number of anilines is 1. The van der Waals surface area contributed by atoms with Crippen LogP contribution in [0.25, 0.3) is 0 Å². The van der Waals surface area contributed by atoms with Crippen molar-refractivity contribution in [1.82, 2.24) is 5.32 Å². The molecule has 1 unspecified atom stereocenters. The lowest BCUT2D eigenvalue weighted by Gasteiger charge is -2.16. The second-order valence-electron chi connectivity index (χ2n) is 3.87. The maximum atomic E-state index is 8.94. The number of nitriles is 1. The molecule has 86 valence electrons. The first-order chi connectivity index (χ1) is 7.81. The second-order valence-corrected chi connectivity index (χ2v) is 3.87. The predicted molar refractivity (Wildman–Crippen MR) is 67.4 cm³/mol. The molecule has 1 aromatic rings. The van der Waals surface area contributed by atoms with Crippen molar-refractivity contribution < 1.29 is 0 Å². The lowest BCUT2D eigenvalue weighted by molar-refractivity contribution is 0.506. The van der Waals surface area contributed by atoms with Gasteiger partial charge in [-0.25, -0.2) is 0 Å². The van der Waals surface area contributed by atoms with Crippen LogP contribution >= 0.6 is 0 Å². The Morgan fingerprint density at radius 3 is 2.69 bits per heavy atom. The summed E-state index contributed by atoms with van der Waals surface area (Å²) in [6.45, 7) is 4.08. The Balaban J connectivity index is 2.56. The molecule has 2 N–H and O–H groups in total. The quantitative estimate of drug-likeness (QED) is 0.768. The highest BCUT2D eigenvalue weighted by Crippen LogP contribution is 2.14. The summed E-state index contributed by atoms with van der Waals surface area (Å²) >= 11 is 0. The predicted octanol–water partition coefficient (Wildman–Crippen LogP) is 2.22. The van der Waals surface area contributed by atoms with Gasteiger partial charge in [0.15, 0.2) is 0 Å². The van der Waals surface area contributed by atoms with E-state index >= 15 is 0 Å². The Kier molecular flexibility index (Phi) is 5.38. The van der Waals surface area contributed by atoms with Crippen LogP contribution in [0.2, 0.25) is 0 Å². The third-order valence-electron chi connectivity index (χ3n) is 2.70. The van der Waals surface area contributed by atoms with Gasteiger partial charge in [-0.05, 0) is 31.6 Å². The highest BCUT2D eigenvalue weighted by molar-refractivity contribution is 5.57. The Hall–Kier alpha value is -1.53. The van der Waals surface area contributed by atoms with Crippen LogP contribution in [0.5, 0.6) is 0 Å². The normalized spacial score (nSPS) is 11.8. The number of rotatable bonds is 6. The van der Waals surface area contributed by atoms with Crippen molar-refractivity contribution in [3.8, 4) is 6.07 Å². The van der Waals surface area contributed by atoms with E-state index in [1.54, 1.807) is 0 Å². The maximum absolute atomic E-state index is 8.94. The van der Waals surface area contributed by atoms with E-state index in [-0.39, 0.29) is 0 Å². The van der Waals surface area contributed by atoms with Crippen molar-refractivity contribution >= 4 is 5.69 Å². The zero-order valence-corrected chi connectivity index (χ0v) is 9.96. The molecule has 0 saturated heterocycles. The van der Waals surface area contributed by atoms with Crippen LogP contribution in [0, 0.1) is 17.2 Å². The van der Waals surface area contributed by atoms with E-state index in [2.05, 4.69) is 23.6 Å². The average molecular weight is 217 g/mol. The van der Waals surface area contributed by atoms with Gasteiger partial charge < -0.3 is 10.6 Å². The van der Waals surface area contributed by atoms with Crippen LogP contribution in [0.4, 0.5) is 5.69 Å². The molecule has 1 aromatic carbocycles. The second kappa shape index (κ2) is 6.86. The molecule has 0 aliphatic rings. The van der Waals surface area contributed by atoms with Crippen molar-refractivity contribution in [2.45, 2.75) is 13.3 Å². The zero-order chi connectivity index (χ0) is 11.8. The van der Waals surface area contributed by atoms with Crippen LogP contribution in [0.1, 0.15) is 18.9 Å². The fourth-order valence-electron chi connectivity index (χ4n) is 1.64. The van der Waals surface area contributed by atoms with Gasteiger partial charge in [0.2, 0.25) is 0 Å². The molecule has 0 amide bonds. The van der Waals surface area contributed by atoms with Gasteiger partial charge in [-0.3, -0.25) is 0 Å². The van der Waals surface area contributed by atoms with E-state index in [9.17, 15) is 0 Å². The molecule has 0 saturated carbocycles. The Morgan fingerprint density at radius 1 is 1.31 bits per heavy atom. The third-order valence-corrected chi connectivity index (χ3v) is 2.70. The first kappa shape index (κ1) is 12.5. The molecular formula is C13H19N3. The Bertz CT molecular complexity index is 354. The molecule has 0 aromatic heterocycles. The standard InChI is InChI=1S/C13H19N3/c1-3-11(9-15-2)10-16-13-7-5-4-6-12(13)8-14/h4-7,11,15-16H,3,9-10H2,1-2H3. The minimum atomic E-state index is 0.594. The van der Waals surface area contributed by atoms with E-state index in [4.69, 9.17) is 5.26 Å². The van der Waals surface area contributed by atoms with Gasteiger partial charge >= 0.3 is 0 Å². The van der Waals surface area contributed by atoms with Gasteiger partial charge in [-0.15, -0.1) is 0 Å². The van der Waals surface area contributed by atoms with Gasteiger partial charge in [0.1, 0.15) is 6.07 Å². The van der Waals surface area contributed by atoms with Gasteiger partial charge in [0, 0.05) is 6.54 Å². The first-order valence-corrected chi connectivity index (χ1v) is 5.69. The molecule has 3 heteroatoms. The van der Waals surface area contributed by atoms with Gasteiger partial charge in [0.25, 0.3) is 0 Å². The van der Waals surface area contributed by atoms with Gasteiger partial charge in [-0.2, -0.15) is 5.26 Å². The minimum absolute atomic E-state index is 0.594. The molecule has 0 bridgehead atoms. The molecule has 0 aliphatic carbocycles. The summed E-state index contributed by atoms with van der Waals surface area (Å²) in [6, 6.07) is 9.81. The van der Waals surface area contributed by atoms with Gasteiger partial charge in [0.05, 0.1) is 11.3 Å². The molecule has 3 nitrogen and oxygen atoms in total. The number of benzene rings is 1. The monoisotopic (exact) mass is 217 g/mol. The number of para-hydroxylation sites is 1. The van der Waals surface area contributed by atoms with E-state index < -0.39 is 0 Å². The summed E-state index contributed by atoms with van der Waals surface area (Å²) in [4.78, 5) is 0. The fraction of sp³-hybridized carbons (Fsp3) is 0.462. The summed E-state index contributed by atoms with van der Waals surface area (Å²) in [5, 5.41) is 15.5. The number of nitrogens with one attached hydrogen (secondary N) is 2. The highest BCUT2D eigenvalue weighted by atomic mass is 14.9. The molecule has 0 heterocycles. The van der Waals surface area contributed by atoms with E-state index in [1.807, 2.05) is 31.3 Å². The van der Waals surface area contributed by atoms with Crippen molar-refractivity contribution in [3.63, 3.8) is 0 Å². The van der Waals surface area contributed by atoms with E-state index in [0.717, 1.165) is 25.2 Å². The highest BCUT2D eigenvalue weighted by Gasteiger charge is 2.06. The number of hydrogen-bond donors (Lipinski definition) is 2. The average Bonchev–Trinajstić information content (AvgIpc) is 2.34. The molecule has 1 rings (SSSR count). The summed E-state index contributed by atoms with van der Waals surface area (Å²) in [7, 11) is 1.96. The zero-order valence-electron chi connectivity index (χ0n) is 9.96. The number of hydrogen-bond acceptors (Lipinski definition) is 3. The van der Waals surface area contributed by atoms with Crippen molar-refractivity contribution in [2.24, 2.45) is 5.92 Å². The van der Waals surface area contributed by atoms with Crippen molar-refractivity contribution in [3.05, 3.63) is 29.8 Å². The van der Waals surface area contributed by atoms with Crippen LogP contribution in [-0.4, -0.2) is 20.1 Å². The van der Waals surface area contributed by atoms with Crippen molar-refractivity contribution in [1.29, 1.82) is 5.26 Å². The Labute approximate surface area is 97.5 Å². The third kappa shape index (κ3) is 3.56. The van der Waals surface area contributed by atoms with E-state index in [1.165, 1.54) is 0 Å². The SMILES string of the molecule is CCC(CNC)CNc1ccccc1C#N.